The number of ether oxygens (including phenoxy) is 1. The number of thiophene rings is 1. The fourth-order valence-electron chi connectivity index (χ4n) is 2.05. The highest BCUT2D eigenvalue weighted by molar-refractivity contribution is 7.12. The second-order valence-corrected chi connectivity index (χ2v) is 6.14. The summed E-state index contributed by atoms with van der Waals surface area (Å²) in [5, 5.41) is 13.1. The van der Waals surface area contributed by atoms with Gasteiger partial charge in [-0.05, 0) is 37.9 Å². The van der Waals surface area contributed by atoms with Crippen LogP contribution in [0, 0.1) is 0 Å². The molecule has 122 valence electrons. The van der Waals surface area contributed by atoms with Gasteiger partial charge in [0.2, 0.25) is 0 Å². The zero-order chi connectivity index (χ0) is 17.0. The summed E-state index contributed by atoms with van der Waals surface area (Å²) in [5.74, 6) is -0.847. The fraction of sp³-hybridized carbons (Fsp3) is 0.250. The van der Waals surface area contributed by atoms with Gasteiger partial charge >= 0.3 is 5.97 Å². The first-order chi connectivity index (χ1) is 10.9. The van der Waals surface area contributed by atoms with Crippen molar-refractivity contribution in [3.8, 4) is 5.75 Å². The minimum Gasteiger partial charge on any atom is -0.495 e. The number of hydrogen-bond donors (Lipinski definition) is 2. The summed E-state index contributed by atoms with van der Waals surface area (Å²) in [7, 11) is 5.48. The van der Waals surface area contributed by atoms with E-state index in [1.165, 1.54) is 18.6 Å². The number of amides is 1. The number of nitrogens with zero attached hydrogens (tertiary/aromatic N) is 1. The topological polar surface area (TPSA) is 78.9 Å². The van der Waals surface area contributed by atoms with Crippen LogP contribution in [0.25, 0.3) is 0 Å². The molecule has 0 saturated heterocycles. The Hall–Kier alpha value is -2.38. The Morgan fingerprint density at radius 3 is 2.61 bits per heavy atom. The lowest BCUT2D eigenvalue weighted by Gasteiger charge is -2.14. The Morgan fingerprint density at radius 1 is 1.30 bits per heavy atom. The minimum absolute atomic E-state index is 0.105. The van der Waals surface area contributed by atoms with Gasteiger partial charge < -0.3 is 20.1 Å². The monoisotopic (exact) mass is 334 g/mol. The van der Waals surface area contributed by atoms with Crippen LogP contribution in [0.2, 0.25) is 0 Å². The van der Waals surface area contributed by atoms with E-state index in [0.29, 0.717) is 16.3 Å². The smallest absolute Gasteiger partial charge is 0.336 e. The van der Waals surface area contributed by atoms with Gasteiger partial charge in [0.05, 0.1) is 23.2 Å². The summed E-state index contributed by atoms with van der Waals surface area (Å²) in [6.07, 6.45) is 0. The summed E-state index contributed by atoms with van der Waals surface area (Å²) in [6, 6.07) is 6.92. The van der Waals surface area contributed by atoms with E-state index < -0.39 is 5.97 Å². The zero-order valence-corrected chi connectivity index (χ0v) is 13.9. The highest BCUT2D eigenvalue weighted by Gasteiger charge is 2.15. The fourth-order valence-corrected chi connectivity index (χ4v) is 2.83. The molecule has 23 heavy (non-hydrogen) atoms. The van der Waals surface area contributed by atoms with E-state index in [-0.39, 0.29) is 11.5 Å². The lowest BCUT2D eigenvalue weighted by molar-refractivity contribution is 0.0697. The number of hydrogen-bond acceptors (Lipinski definition) is 5. The van der Waals surface area contributed by atoms with Gasteiger partial charge in [0.15, 0.2) is 0 Å². The van der Waals surface area contributed by atoms with Gasteiger partial charge in [0.1, 0.15) is 5.75 Å². The molecule has 0 aliphatic heterocycles. The lowest BCUT2D eigenvalue weighted by Crippen LogP contribution is -2.13. The molecular formula is C16H18N2O4S. The molecule has 2 rings (SSSR count). The number of carboxylic acid groups (broad SMARTS) is 1. The quantitative estimate of drug-likeness (QED) is 0.849. The number of anilines is 1. The van der Waals surface area contributed by atoms with Crippen LogP contribution in [-0.4, -0.2) is 43.1 Å². The van der Waals surface area contributed by atoms with Crippen LogP contribution in [0.15, 0.2) is 29.6 Å². The molecule has 2 aromatic rings. The maximum Gasteiger partial charge on any atom is 0.336 e. The van der Waals surface area contributed by atoms with E-state index in [9.17, 15) is 9.59 Å². The molecule has 6 nitrogen and oxygen atoms in total. The Labute approximate surface area is 138 Å². The van der Waals surface area contributed by atoms with Crippen molar-refractivity contribution in [3.05, 3.63) is 45.6 Å². The van der Waals surface area contributed by atoms with Crippen LogP contribution < -0.4 is 10.1 Å². The Bertz CT molecular complexity index is 725. The highest BCUT2D eigenvalue weighted by atomic mass is 32.1. The third-order valence-corrected chi connectivity index (χ3v) is 4.01. The Morgan fingerprint density at radius 2 is 2.04 bits per heavy atom. The SMILES string of the molecule is COc1cc(CN(C)C)ccc1NC(=O)c1cc(C(=O)O)cs1. The van der Waals surface area contributed by atoms with Gasteiger partial charge in [-0.25, -0.2) is 4.79 Å². The first-order valence-corrected chi connectivity index (χ1v) is 7.73. The second-order valence-electron chi connectivity index (χ2n) is 5.23. The van der Waals surface area contributed by atoms with Gasteiger partial charge in [-0.15, -0.1) is 11.3 Å². The Balaban J connectivity index is 2.17. The molecule has 0 saturated carbocycles. The van der Waals surface area contributed by atoms with Crippen molar-refractivity contribution in [2.24, 2.45) is 0 Å². The number of rotatable bonds is 6. The van der Waals surface area contributed by atoms with E-state index in [1.54, 1.807) is 6.07 Å². The zero-order valence-electron chi connectivity index (χ0n) is 13.1. The van der Waals surface area contributed by atoms with Crippen LogP contribution in [0.3, 0.4) is 0 Å². The van der Waals surface area contributed by atoms with Crippen LogP contribution >= 0.6 is 11.3 Å². The van der Waals surface area contributed by atoms with Crippen LogP contribution in [-0.2, 0) is 6.54 Å². The molecule has 0 unspecified atom stereocenters. The number of carbonyl (C=O) groups is 2. The van der Waals surface area contributed by atoms with Crippen LogP contribution in [0.5, 0.6) is 5.75 Å². The number of carboxylic acids is 1. The molecular weight excluding hydrogens is 316 g/mol. The molecule has 0 bridgehead atoms. The standard InChI is InChI=1S/C16H18N2O4S/c1-18(2)8-10-4-5-12(13(6-10)22-3)17-15(19)14-7-11(9-23-14)16(20)21/h4-7,9H,8H2,1-3H3,(H,17,19)(H,20,21). The number of methoxy groups -OCH3 is 1. The minimum atomic E-state index is -1.05. The third kappa shape index (κ3) is 4.30. The number of aromatic carboxylic acids is 1. The molecule has 0 atom stereocenters. The molecule has 0 aliphatic carbocycles. The summed E-state index contributed by atoms with van der Waals surface area (Å²) >= 11 is 1.09. The van der Waals surface area contributed by atoms with Crippen molar-refractivity contribution in [2.45, 2.75) is 6.54 Å². The normalized spacial score (nSPS) is 10.6. The van der Waals surface area contributed by atoms with Gasteiger partial charge in [0, 0.05) is 11.9 Å². The first-order valence-electron chi connectivity index (χ1n) is 6.85. The molecule has 0 fully saturated rings. The van der Waals surface area contributed by atoms with Gasteiger partial charge in [-0.2, -0.15) is 0 Å². The van der Waals surface area contributed by atoms with Gasteiger partial charge in [-0.1, -0.05) is 6.07 Å². The second kappa shape index (κ2) is 7.26. The molecule has 1 aromatic heterocycles. The van der Waals surface area contributed by atoms with Crippen LogP contribution in [0.1, 0.15) is 25.6 Å². The third-order valence-electron chi connectivity index (χ3n) is 3.08. The van der Waals surface area contributed by atoms with Gasteiger partial charge in [-0.3, -0.25) is 4.79 Å². The molecule has 0 spiro atoms. The van der Waals surface area contributed by atoms with Crippen molar-refractivity contribution in [2.75, 3.05) is 26.5 Å². The predicted octanol–water partition coefficient (Wildman–Crippen LogP) is 2.77. The number of benzene rings is 1. The van der Waals surface area contributed by atoms with Crippen LogP contribution in [0.4, 0.5) is 5.69 Å². The lowest BCUT2D eigenvalue weighted by atomic mass is 10.1. The van der Waals surface area contributed by atoms with Crippen molar-refractivity contribution in [3.63, 3.8) is 0 Å². The van der Waals surface area contributed by atoms with Crippen molar-refractivity contribution < 1.29 is 19.4 Å². The Kier molecular flexibility index (Phi) is 5.36. The molecule has 7 heteroatoms. The molecule has 0 radical (unpaired) electrons. The largest absolute Gasteiger partial charge is 0.495 e. The maximum atomic E-state index is 12.2. The molecule has 1 heterocycles. The van der Waals surface area contributed by atoms with Crippen molar-refractivity contribution in [1.29, 1.82) is 0 Å². The summed E-state index contributed by atoms with van der Waals surface area (Å²) in [4.78, 5) is 25.5. The van der Waals surface area contributed by atoms with Gasteiger partial charge in [0.25, 0.3) is 5.91 Å². The number of nitrogens with one attached hydrogen (secondary N) is 1. The summed E-state index contributed by atoms with van der Waals surface area (Å²) in [5.41, 5.74) is 1.72. The number of carbonyl (C=O) groups excluding carboxylic acids is 1. The molecule has 0 aliphatic rings. The van der Waals surface area contributed by atoms with E-state index in [0.717, 1.165) is 23.4 Å². The van der Waals surface area contributed by atoms with E-state index >= 15 is 0 Å². The van der Waals surface area contributed by atoms with E-state index in [2.05, 4.69) is 5.32 Å². The van der Waals surface area contributed by atoms with Crippen molar-refractivity contribution >= 4 is 28.9 Å². The first kappa shape index (κ1) is 17.0. The highest BCUT2D eigenvalue weighted by Crippen LogP contribution is 2.27. The molecule has 1 amide bonds. The van der Waals surface area contributed by atoms with E-state index in [4.69, 9.17) is 9.84 Å². The van der Waals surface area contributed by atoms with Crippen molar-refractivity contribution in [1.82, 2.24) is 4.90 Å². The molecule has 1 aromatic carbocycles. The average molecular weight is 334 g/mol. The molecule has 2 N–H and O–H groups in total. The summed E-state index contributed by atoms with van der Waals surface area (Å²) in [6.45, 7) is 0.761. The predicted molar refractivity (Wildman–Crippen MR) is 89.6 cm³/mol. The van der Waals surface area contributed by atoms with E-state index in [1.807, 2.05) is 31.1 Å². The summed E-state index contributed by atoms with van der Waals surface area (Å²) < 4.78 is 5.32. The average Bonchev–Trinajstić information content (AvgIpc) is 2.98. The maximum absolute atomic E-state index is 12.2.